The second kappa shape index (κ2) is 6.11. The molecule has 2 amide bonds. The number of rotatable bonds is 4. The highest BCUT2D eigenvalue weighted by atomic mass is 16.4. The van der Waals surface area contributed by atoms with Gasteiger partial charge in [0.1, 0.15) is 0 Å². The van der Waals surface area contributed by atoms with Crippen molar-refractivity contribution < 1.29 is 19.5 Å². The summed E-state index contributed by atoms with van der Waals surface area (Å²) in [5.74, 6) is -2.81. The Morgan fingerprint density at radius 2 is 1.79 bits per heavy atom. The molecule has 0 heterocycles. The minimum absolute atomic E-state index is 0.0291. The molecule has 0 radical (unpaired) electrons. The van der Waals surface area contributed by atoms with E-state index in [-0.39, 0.29) is 23.7 Å². The van der Waals surface area contributed by atoms with E-state index in [1.165, 1.54) is 0 Å². The van der Waals surface area contributed by atoms with E-state index in [0.29, 0.717) is 17.7 Å². The van der Waals surface area contributed by atoms with E-state index in [1.54, 1.807) is 25.2 Å². The summed E-state index contributed by atoms with van der Waals surface area (Å²) < 4.78 is 0. The molecule has 1 aromatic rings. The van der Waals surface area contributed by atoms with Gasteiger partial charge in [-0.2, -0.15) is 0 Å². The van der Waals surface area contributed by atoms with Gasteiger partial charge in [-0.3, -0.25) is 14.4 Å². The first-order valence-corrected chi connectivity index (χ1v) is 7.97. The van der Waals surface area contributed by atoms with Gasteiger partial charge in [-0.15, -0.1) is 0 Å². The van der Waals surface area contributed by atoms with Gasteiger partial charge < -0.3 is 15.7 Å². The van der Waals surface area contributed by atoms with Crippen LogP contribution in [0.5, 0.6) is 0 Å². The second-order valence-electron chi connectivity index (χ2n) is 6.44. The zero-order valence-electron chi connectivity index (χ0n) is 13.6. The van der Waals surface area contributed by atoms with Crippen LogP contribution in [0.2, 0.25) is 0 Å². The number of hydrogen-bond acceptors (Lipinski definition) is 3. The van der Waals surface area contributed by atoms with Crippen molar-refractivity contribution in [3.63, 3.8) is 0 Å². The number of fused-ring (bicyclic) bond motifs is 2. The minimum Gasteiger partial charge on any atom is -0.481 e. The Morgan fingerprint density at radius 1 is 1.12 bits per heavy atom. The average Bonchev–Trinajstić information content (AvgIpc) is 3.17. The molecule has 0 saturated heterocycles. The molecule has 1 saturated carbocycles. The molecule has 2 aliphatic carbocycles. The summed E-state index contributed by atoms with van der Waals surface area (Å²) in [6, 6.07) is 5.06. The van der Waals surface area contributed by atoms with Gasteiger partial charge in [0.15, 0.2) is 0 Å². The highest BCUT2D eigenvalue weighted by molar-refractivity contribution is 5.99. The number of anilines is 1. The highest BCUT2D eigenvalue weighted by Gasteiger charge is 2.51. The van der Waals surface area contributed by atoms with Crippen LogP contribution < -0.4 is 10.6 Å². The van der Waals surface area contributed by atoms with Crippen LogP contribution in [0, 0.1) is 30.6 Å². The van der Waals surface area contributed by atoms with Crippen LogP contribution in [-0.4, -0.2) is 29.9 Å². The van der Waals surface area contributed by atoms with Crippen molar-refractivity contribution in [2.24, 2.45) is 23.7 Å². The van der Waals surface area contributed by atoms with Crippen LogP contribution >= 0.6 is 0 Å². The van der Waals surface area contributed by atoms with E-state index in [9.17, 15) is 19.5 Å². The first-order chi connectivity index (χ1) is 11.4. The number of allylic oxidation sites excluding steroid dienone is 2. The first kappa shape index (κ1) is 16.2. The predicted octanol–water partition coefficient (Wildman–Crippen LogP) is 1.82. The number of hydrogen-bond donors (Lipinski definition) is 3. The van der Waals surface area contributed by atoms with Gasteiger partial charge >= 0.3 is 5.97 Å². The standard InChI is InChI=1S/C18H20N2O4/c1-9-3-4-12(16(21)19-2)8-13(9)20-17(22)14-10-5-6-11(7-10)15(14)18(23)24/h3-6,8,10-11,14-15H,7H2,1-2H3,(H,19,21)(H,20,22)(H,23,24)/t10-,11-,14+,15+/m0/s1. The van der Waals surface area contributed by atoms with Crippen LogP contribution in [0.15, 0.2) is 30.4 Å². The molecule has 2 aliphatic rings. The van der Waals surface area contributed by atoms with Crippen LogP contribution in [0.3, 0.4) is 0 Å². The van der Waals surface area contributed by atoms with Crippen LogP contribution in [0.4, 0.5) is 5.69 Å². The number of nitrogens with one attached hydrogen (secondary N) is 2. The molecular formula is C18H20N2O4. The van der Waals surface area contributed by atoms with Crippen molar-refractivity contribution in [3.8, 4) is 0 Å². The van der Waals surface area contributed by atoms with E-state index in [2.05, 4.69) is 10.6 Å². The van der Waals surface area contributed by atoms with E-state index in [1.807, 2.05) is 19.1 Å². The molecule has 6 nitrogen and oxygen atoms in total. The van der Waals surface area contributed by atoms with E-state index < -0.39 is 17.8 Å². The first-order valence-electron chi connectivity index (χ1n) is 7.97. The Kier molecular flexibility index (Phi) is 4.13. The number of carbonyl (C=O) groups is 3. The molecule has 0 unspecified atom stereocenters. The normalized spacial score (nSPS) is 27.1. The maximum absolute atomic E-state index is 12.7. The fraction of sp³-hybridized carbons (Fsp3) is 0.389. The molecule has 1 aromatic carbocycles. The van der Waals surface area contributed by atoms with Gasteiger partial charge in [0.25, 0.3) is 5.91 Å². The molecular weight excluding hydrogens is 308 g/mol. The number of aryl methyl sites for hydroxylation is 1. The SMILES string of the molecule is CNC(=O)c1ccc(C)c(NC(=O)[C@H]2[C@H](C(=O)O)[C@H]3C=C[C@H]2C3)c1. The lowest BCUT2D eigenvalue weighted by molar-refractivity contribution is -0.146. The molecule has 2 bridgehead atoms. The molecule has 0 aromatic heterocycles. The maximum atomic E-state index is 12.7. The number of carboxylic acids is 1. The third-order valence-corrected chi connectivity index (χ3v) is 5.03. The van der Waals surface area contributed by atoms with Crippen molar-refractivity contribution in [3.05, 3.63) is 41.5 Å². The number of carbonyl (C=O) groups excluding carboxylic acids is 2. The van der Waals surface area contributed by atoms with Crippen molar-refractivity contribution >= 4 is 23.5 Å². The van der Waals surface area contributed by atoms with Crippen molar-refractivity contribution in [1.82, 2.24) is 5.32 Å². The molecule has 126 valence electrons. The topological polar surface area (TPSA) is 95.5 Å². The fourth-order valence-corrected chi connectivity index (χ4v) is 3.77. The van der Waals surface area contributed by atoms with Gasteiger partial charge in [-0.05, 0) is 42.9 Å². The Hall–Kier alpha value is -2.63. The van der Waals surface area contributed by atoms with E-state index in [0.717, 1.165) is 5.56 Å². The Balaban J connectivity index is 1.83. The molecule has 24 heavy (non-hydrogen) atoms. The largest absolute Gasteiger partial charge is 0.481 e. The number of benzene rings is 1. The monoisotopic (exact) mass is 328 g/mol. The summed E-state index contributed by atoms with van der Waals surface area (Å²) >= 11 is 0. The lowest BCUT2D eigenvalue weighted by atomic mass is 9.82. The summed E-state index contributed by atoms with van der Waals surface area (Å²) in [4.78, 5) is 36.0. The molecule has 0 spiro atoms. The number of aliphatic carboxylic acids is 1. The Morgan fingerprint density at radius 3 is 2.42 bits per heavy atom. The lowest BCUT2D eigenvalue weighted by Gasteiger charge is -2.24. The van der Waals surface area contributed by atoms with Gasteiger partial charge in [0, 0.05) is 18.3 Å². The zero-order valence-corrected chi connectivity index (χ0v) is 13.6. The molecule has 3 N–H and O–H groups in total. The number of amides is 2. The third kappa shape index (κ3) is 2.68. The van der Waals surface area contributed by atoms with Crippen molar-refractivity contribution in [2.75, 3.05) is 12.4 Å². The Labute approximate surface area is 139 Å². The molecule has 0 aliphatic heterocycles. The van der Waals surface area contributed by atoms with E-state index >= 15 is 0 Å². The molecule has 4 atom stereocenters. The Bertz CT molecular complexity index is 741. The summed E-state index contributed by atoms with van der Waals surface area (Å²) in [5, 5.41) is 14.8. The fourth-order valence-electron chi connectivity index (χ4n) is 3.77. The van der Waals surface area contributed by atoms with Crippen molar-refractivity contribution in [2.45, 2.75) is 13.3 Å². The molecule has 6 heteroatoms. The second-order valence-corrected chi connectivity index (χ2v) is 6.44. The number of carboxylic acid groups (broad SMARTS) is 1. The van der Waals surface area contributed by atoms with Crippen LogP contribution in [-0.2, 0) is 9.59 Å². The lowest BCUT2D eigenvalue weighted by Crippen LogP contribution is -2.36. The van der Waals surface area contributed by atoms with Crippen LogP contribution in [0.1, 0.15) is 22.3 Å². The smallest absolute Gasteiger partial charge is 0.307 e. The van der Waals surface area contributed by atoms with Crippen molar-refractivity contribution in [1.29, 1.82) is 0 Å². The van der Waals surface area contributed by atoms with Gasteiger partial charge in [-0.25, -0.2) is 0 Å². The minimum atomic E-state index is -0.928. The van der Waals surface area contributed by atoms with Crippen LogP contribution in [0.25, 0.3) is 0 Å². The molecule has 1 fully saturated rings. The average molecular weight is 328 g/mol. The highest BCUT2D eigenvalue weighted by Crippen LogP contribution is 2.48. The molecule has 3 rings (SSSR count). The third-order valence-electron chi connectivity index (χ3n) is 5.03. The predicted molar refractivity (Wildman–Crippen MR) is 88.6 cm³/mol. The van der Waals surface area contributed by atoms with Gasteiger partial charge in [0.05, 0.1) is 11.8 Å². The van der Waals surface area contributed by atoms with Gasteiger partial charge in [0.2, 0.25) is 5.91 Å². The van der Waals surface area contributed by atoms with E-state index in [4.69, 9.17) is 0 Å². The summed E-state index contributed by atoms with van der Waals surface area (Å²) in [6.07, 6.45) is 4.57. The summed E-state index contributed by atoms with van der Waals surface area (Å²) in [7, 11) is 1.54. The zero-order chi connectivity index (χ0) is 17.4. The summed E-state index contributed by atoms with van der Waals surface area (Å²) in [5.41, 5.74) is 1.81. The van der Waals surface area contributed by atoms with Gasteiger partial charge in [-0.1, -0.05) is 18.2 Å². The quantitative estimate of drug-likeness (QED) is 0.735. The maximum Gasteiger partial charge on any atom is 0.307 e. The summed E-state index contributed by atoms with van der Waals surface area (Å²) in [6.45, 7) is 1.83.